The maximum atomic E-state index is 12.3. The van der Waals surface area contributed by atoms with Crippen LogP contribution in [0.1, 0.15) is 30.1 Å². The Hall–Kier alpha value is -2.41. The molecule has 0 bridgehead atoms. The highest BCUT2D eigenvalue weighted by atomic mass is 16.5. The van der Waals surface area contributed by atoms with Crippen molar-refractivity contribution in [1.29, 1.82) is 0 Å². The van der Waals surface area contributed by atoms with Gasteiger partial charge in [0.1, 0.15) is 5.75 Å². The molecule has 2 rings (SSSR count). The molecule has 1 N–H and O–H groups in total. The lowest BCUT2D eigenvalue weighted by atomic mass is 10.0. The van der Waals surface area contributed by atoms with Crippen LogP contribution in [0.4, 0.5) is 5.69 Å². The fraction of sp³-hybridized carbons (Fsp3) is 0.471. The highest BCUT2D eigenvalue weighted by Crippen LogP contribution is 2.34. The molecule has 1 aromatic rings. The number of ether oxygens (including phenoxy) is 2. The van der Waals surface area contributed by atoms with Gasteiger partial charge < -0.3 is 19.7 Å². The number of benzene rings is 1. The zero-order valence-corrected chi connectivity index (χ0v) is 14.1. The third-order valence-electron chi connectivity index (χ3n) is 3.83. The van der Waals surface area contributed by atoms with E-state index in [9.17, 15) is 14.4 Å². The first-order chi connectivity index (χ1) is 11.4. The van der Waals surface area contributed by atoms with Crippen LogP contribution in [0.3, 0.4) is 0 Å². The first kappa shape index (κ1) is 17.9. The molecule has 0 saturated carbocycles. The van der Waals surface area contributed by atoms with Crippen molar-refractivity contribution in [3.05, 3.63) is 23.8 Å². The molecule has 0 aliphatic carbocycles. The Kier molecular flexibility index (Phi) is 5.92. The average Bonchev–Trinajstić information content (AvgIpc) is 2.57. The molecule has 1 heterocycles. The van der Waals surface area contributed by atoms with E-state index in [0.29, 0.717) is 30.2 Å². The van der Waals surface area contributed by atoms with Gasteiger partial charge in [-0.05, 0) is 25.1 Å². The second-order valence-corrected chi connectivity index (χ2v) is 5.61. The molecule has 1 aliphatic rings. The van der Waals surface area contributed by atoms with Gasteiger partial charge in [0.05, 0.1) is 12.3 Å². The molecule has 2 amide bonds. The summed E-state index contributed by atoms with van der Waals surface area (Å²) in [5.41, 5.74) is 1.02. The van der Waals surface area contributed by atoms with Crippen molar-refractivity contribution in [2.24, 2.45) is 0 Å². The van der Waals surface area contributed by atoms with Crippen molar-refractivity contribution in [3.63, 3.8) is 0 Å². The minimum atomic E-state index is -0.542. The zero-order valence-electron chi connectivity index (χ0n) is 14.1. The third kappa shape index (κ3) is 4.11. The molecule has 0 radical (unpaired) electrons. The summed E-state index contributed by atoms with van der Waals surface area (Å²) in [6, 6.07) is 4.96. The molecule has 0 spiro atoms. The molecule has 0 saturated heterocycles. The predicted octanol–water partition coefficient (Wildman–Crippen LogP) is 1.16. The highest BCUT2D eigenvalue weighted by molar-refractivity contribution is 6.03. The molecular weight excluding hydrogens is 312 g/mol. The summed E-state index contributed by atoms with van der Waals surface area (Å²) < 4.78 is 10.4. The number of nitrogens with one attached hydrogen (secondary N) is 1. The number of likely N-dealkylation sites (N-methyl/N-ethyl adjacent to an activating group) is 1. The molecule has 1 unspecified atom stereocenters. The second kappa shape index (κ2) is 7.92. The van der Waals surface area contributed by atoms with Crippen molar-refractivity contribution in [2.75, 3.05) is 32.2 Å². The fourth-order valence-electron chi connectivity index (χ4n) is 2.44. The first-order valence-corrected chi connectivity index (χ1v) is 7.81. The number of carbonyl (C=O) groups excluding carboxylic acids is 3. The van der Waals surface area contributed by atoms with Crippen molar-refractivity contribution in [1.82, 2.24) is 5.32 Å². The Morgan fingerprint density at radius 1 is 1.33 bits per heavy atom. The van der Waals surface area contributed by atoms with Gasteiger partial charge in [-0.25, -0.2) is 0 Å². The van der Waals surface area contributed by atoms with Gasteiger partial charge in [-0.1, -0.05) is 0 Å². The maximum absolute atomic E-state index is 12.3. The average molecular weight is 334 g/mol. The summed E-state index contributed by atoms with van der Waals surface area (Å²) >= 11 is 0. The van der Waals surface area contributed by atoms with Gasteiger partial charge in [0.25, 0.3) is 5.91 Å². The minimum Gasteiger partial charge on any atom is -0.479 e. The van der Waals surface area contributed by atoms with Crippen LogP contribution in [-0.2, 0) is 14.3 Å². The van der Waals surface area contributed by atoms with Gasteiger partial charge in [-0.3, -0.25) is 14.4 Å². The number of hydrogen-bond donors (Lipinski definition) is 1. The SMILES string of the molecule is COCCNC(=O)CCC(=O)c1ccc2c(c1)N(C)C(=O)C(C)O2. The van der Waals surface area contributed by atoms with Gasteiger partial charge in [-0.15, -0.1) is 0 Å². The number of amides is 2. The summed E-state index contributed by atoms with van der Waals surface area (Å²) in [4.78, 5) is 37.3. The van der Waals surface area contributed by atoms with E-state index in [4.69, 9.17) is 9.47 Å². The smallest absolute Gasteiger partial charge is 0.267 e. The van der Waals surface area contributed by atoms with Crippen molar-refractivity contribution < 1.29 is 23.9 Å². The molecule has 0 aromatic heterocycles. The van der Waals surface area contributed by atoms with Gasteiger partial charge in [0, 0.05) is 39.1 Å². The predicted molar refractivity (Wildman–Crippen MR) is 88.4 cm³/mol. The van der Waals surface area contributed by atoms with Gasteiger partial charge in [0.15, 0.2) is 11.9 Å². The van der Waals surface area contributed by atoms with E-state index in [1.807, 2.05) is 0 Å². The zero-order chi connectivity index (χ0) is 17.7. The number of methoxy groups -OCH3 is 1. The third-order valence-corrected chi connectivity index (χ3v) is 3.83. The molecule has 1 atom stereocenters. The molecular formula is C17H22N2O5. The molecule has 1 aromatic carbocycles. The van der Waals surface area contributed by atoms with E-state index in [1.54, 1.807) is 39.3 Å². The normalized spacial score (nSPS) is 16.4. The number of Topliss-reactive ketones (excluding diaryl/α,β-unsaturated/α-hetero) is 1. The number of fused-ring (bicyclic) bond motifs is 1. The highest BCUT2D eigenvalue weighted by Gasteiger charge is 2.29. The summed E-state index contributed by atoms with van der Waals surface area (Å²) in [5, 5.41) is 2.67. The van der Waals surface area contributed by atoms with Crippen LogP contribution in [0.15, 0.2) is 18.2 Å². The van der Waals surface area contributed by atoms with Crippen molar-refractivity contribution in [2.45, 2.75) is 25.9 Å². The molecule has 7 heteroatoms. The Bertz CT molecular complexity index is 644. The number of rotatable bonds is 7. The van der Waals surface area contributed by atoms with E-state index in [1.165, 1.54) is 4.90 Å². The number of nitrogens with zero attached hydrogens (tertiary/aromatic N) is 1. The van der Waals surface area contributed by atoms with Crippen LogP contribution in [0.2, 0.25) is 0 Å². The second-order valence-electron chi connectivity index (χ2n) is 5.61. The molecule has 24 heavy (non-hydrogen) atoms. The molecule has 130 valence electrons. The van der Waals surface area contributed by atoms with E-state index in [-0.39, 0.29) is 30.4 Å². The van der Waals surface area contributed by atoms with Crippen LogP contribution in [0, 0.1) is 0 Å². The van der Waals surface area contributed by atoms with Gasteiger partial charge in [0.2, 0.25) is 5.91 Å². The van der Waals surface area contributed by atoms with Gasteiger partial charge >= 0.3 is 0 Å². The summed E-state index contributed by atoms with van der Waals surface area (Å²) in [5.74, 6) is 0.0602. The Labute approximate surface area is 140 Å². The number of anilines is 1. The van der Waals surface area contributed by atoms with Crippen molar-refractivity contribution in [3.8, 4) is 5.75 Å². The van der Waals surface area contributed by atoms with Crippen LogP contribution in [0.5, 0.6) is 5.75 Å². The van der Waals surface area contributed by atoms with Gasteiger partial charge in [-0.2, -0.15) is 0 Å². The van der Waals surface area contributed by atoms with Crippen LogP contribution >= 0.6 is 0 Å². The standard InChI is InChI=1S/C17H22N2O5/c1-11-17(22)19(2)13-10-12(4-6-15(13)24-11)14(20)5-7-16(21)18-8-9-23-3/h4,6,10-11H,5,7-9H2,1-3H3,(H,18,21). The van der Waals surface area contributed by atoms with E-state index in [2.05, 4.69) is 5.32 Å². The number of carbonyl (C=O) groups is 3. The molecule has 0 fully saturated rings. The maximum Gasteiger partial charge on any atom is 0.267 e. The van der Waals surface area contributed by atoms with E-state index < -0.39 is 6.10 Å². The Morgan fingerprint density at radius 2 is 2.08 bits per heavy atom. The molecule has 1 aliphatic heterocycles. The molecule has 7 nitrogen and oxygen atoms in total. The first-order valence-electron chi connectivity index (χ1n) is 7.81. The Morgan fingerprint density at radius 3 is 2.79 bits per heavy atom. The van der Waals surface area contributed by atoms with Crippen molar-refractivity contribution >= 4 is 23.3 Å². The quantitative estimate of drug-likeness (QED) is 0.597. The largest absolute Gasteiger partial charge is 0.479 e. The number of hydrogen-bond acceptors (Lipinski definition) is 5. The lowest BCUT2D eigenvalue weighted by molar-refractivity contribution is -0.125. The topological polar surface area (TPSA) is 84.9 Å². The Balaban J connectivity index is 1.99. The monoisotopic (exact) mass is 334 g/mol. The lowest BCUT2D eigenvalue weighted by Crippen LogP contribution is -2.42. The lowest BCUT2D eigenvalue weighted by Gasteiger charge is -2.30. The minimum absolute atomic E-state index is 0.104. The fourth-order valence-corrected chi connectivity index (χ4v) is 2.44. The summed E-state index contributed by atoms with van der Waals surface area (Å²) in [7, 11) is 3.20. The number of ketones is 1. The van der Waals surface area contributed by atoms with Crippen LogP contribution < -0.4 is 15.0 Å². The summed E-state index contributed by atoms with van der Waals surface area (Å²) in [6.45, 7) is 2.54. The van der Waals surface area contributed by atoms with Crippen LogP contribution in [-0.4, -0.2) is 51.0 Å². The van der Waals surface area contributed by atoms with E-state index in [0.717, 1.165) is 0 Å². The summed E-state index contributed by atoms with van der Waals surface area (Å²) in [6.07, 6.45) is -0.325. The van der Waals surface area contributed by atoms with E-state index >= 15 is 0 Å². The van der Waals surface area contributed by atoms with Crippen LogP contribution in [0.25, 0.3) is 0 Å².